The molecule has 0 amide bonds. The van der Waals surface area contributed by atoms with Crippen molar-refractivity contribution in [2.45, 2.75) is 50.1 Å². The summed E-state index contributed by atoms with van der Waals surface area (Å²) in [5, 5.41) is 3.76. The van der Waals surface area contributed by atoms with Crippen LogP contribution in [0.15, 0.2) is 24.3 Å². The lowest BCUT2D eigenvalue weighted by Gasteiger charge is -2.29. The van der Waals surface area contributed by atoms with E-state index in [-0.39, 0.29) is 6.29 Å². The molecule has 0 spiro atoms. The van der Waals surface area contributed by atoms with Crippen LogP contribution in [0.3, 0.4) is 0 Å². The highest BCUT2D eigenvalue weighted by atomic mass is 16.7. The van der Waals surface area contributed by atoms with E-state index < -0.39 is 0 Å². The number of rotatable bonds is 7. The van der Waals surface area contributed by atoms with Gasteiger partial charge < -0.3 is 19.5 Å². The summed E-state index contributed by atoms with van der Waals surface area (Å²) in [7, 11) is 1.74. The number of likely N-dealkylation sites (tertiary alicyclic amines) is 1. The zero-order valence-corrected chi connectivity index (χ0v) is 14.4. The van der Waals surface area contributed by atoms with Crippen LogP contribution in [0.4, 0.5) is 0 Å². The molecule has 2 atom stereocenters. The molecule has 3 fully saturated rings. The largest absolute Gasteiger partial charge is 0.497 e. The van der Waals surface area contributed by atoms with Crippen LogP contribution in [0.1, 0.15) is 37.3 Å². The highest BCUT2D eigenvalue weighted by Crippen LogP contribution is 2.41. The van der Waals surface area contributed by atoms with Crippen molar-refractivity contribution in [3.8, 4) is 5.75 Å². The van der Waals surface area contributed by atoms with E-state index in [0.717, 1.165) is 38.0 Å². The van der Waals surface area contributed by atoms with Gasteiger partial charge in [-0.2, -0.15) is 0 Å². The Bertz CT molecular complexity index is 543. The average Bonchev–Trinajstić information content (AvgIpc) is 3.16. The molecule has 0 radical (unpaired) electrons. The summed E-state index contributed by atoms with van der Waals surface area (Å²) >= 11 is 0. The van der Waals surface area contributed by atoms with Crippen LogP contribution in [0.2, 0.25) is 0 Å². The molecule has 2 heterocycles. The van der Waals surface area contributed by atoms with E-state index in [1.807, 2.05) is 6.07 Å². The normalized spacial score (nSPS) is 28.5. The quantitative estimate of drug-likeness (QED) is 0.830. The second-order valence-electron chi connectivity index (χ2n) is 7.00. The van der Waals surface area contributed by atoms with Crippen molar-refractivity contribution in [1.82, 2.24) is 10.2 Å². The summed E-state index contributed by atoms with van der Waals surface area (Å²) in [6.07, 6.45) is 4.79. The van der Waals surface area contributed by atoms with Gasteiger partial charge in [0, 0.05) is 31.6 Å². The number of nitrogens with zero attached hydrogens (tertiary/aromatic N) is 1. The molecule has 2 aliphatic heterocycles. The minimum Gasteiger partial charge on any atom is -0.497 e. The number of hydrogen-bond acceptors (Lipinski definition) is 5. The SMILES string of the molecule is COc1cccc([C@H]2[C@H](NCCC3OCCO3)CCN2C2CC2)c1. The summed E-state index contributed by atoms with van der Waals surface area (Å²) in [5.74, 6) is 0.946. The summed E-state index contributed by atoms with van der Waals surface area (Å²) < 4.78 is 16.5. The Labute approximate surface area is 144 Å². The highest BCUT2D eigenvalue weighted by Gasteiger charge is 2.42. The Hall–Kier alpha value is -1.14. The zero-order valence-electron chi connectivity index (χ0n) is 14.4. The lowest BCUT2D eigenvalue weighted by molar-refractivity contribution is -0.0464. The van der Waals surface area contributed by atoms with Crippen molar-refractivity contribution in [3.05, 3.63) is 29.8 Å². The standard InChI is InChI=1S/C19H28N2O3/c1-22-16-4-2-3-14(13-16)19-17(8-10-21(19)15-5-6-15)20-9-7-18-23-11-12-24-18/h2-4,13,15,17-20H,5-12H2,1H3/t17-,19+/m1/s1. The lowest BCUT2D eigenvalue weighted by atomic mass is 9.99. The van der Waals surface area contributed by atoms with Crippen molar-refractivity contribution in [2.75, 3.05) is 33.4 Å². The van der Waals surface area contributed by atoms with Crippen LogP contribution in [-0.2, 0) is 9.47 Å². The van der Waals surface area contributed by atoms with Crippen LogP contribution in [0.5, 0.6) is 5.75 Å². The number of hydrogen-bond donors (Lipinski definition) is 1. The predicted octanol–water partition coefficient (Wildman–Crippen LogP) is 2.33. The number of ether oxygens (including phenoxy) is 3. The summed E-state index contributed by atoms with van der Waals surface area (Å²) in [6.45, 7) is 3.58. The van der Waals surface area contributed by atoms with E-state index in [1.165, 1.54) is 31.4 Å². The van der Waals surface area contributed by atoms with Crippen LogP contribution < -0.4 is 10.1 Å². The van der Waals surface area contributed by atoms with Crippen molar-refractivity contribution in [3.63, 3.8) is 0 Å². The molecule has 1 saturated carbocycles. The minimum absolute atomic E-state index is 0.0197. The van der Waals surface area contributed by atoms with Gasteiger partial charge in [-0.15, -0.1) is 0 Å². The van der Waals surface area contributed by atoms with Gasteiger partial charge in [-0.3, -0.25) is 4.90 Å². The molecule has 24 heavy (non-hydrogen) atoms. The first-order valence-electron chi connectivity index (χ1n) is 9.21. The minimum atomic E-state index is -0.0197. The van der Waals surface area contributed by atoms with Crippen molar-refractivity contribution < 1.29 is 14.2 Å². The molecule has 3 aliphatic rings. The van der Waals surface area contributed by atoms with Crippen LogP contribution in [-0.4, -0.2) is 56.7 Å². The van der Waals surface area contributed by atoms with Gasteiger partial charge in [-0.05, 0) is 37.0 Å². The van der Waals surface area contributed by atoms with E-state index in [0.29, 0.717) is 12.1 Å². The molecule has 0 unspecified atom stereocenters. The van der Waals surface area contributed by atoms with Gasteiger partial charge in [0.15, 0.2) is 6.29 Å². The maximum absolute atomic E-state index is 5.54. The maximum Gasteiger partial charge on any atom is 0.159 e. The summed E-state index contributed by atoms with van der Waals surface area (Å²) in [5.41, 5.74) is 1.37. The topological polar surface area (TPSA) is 43.0 Å². The molecule has 0 bridgehead atoms. The first kappa shape index (κ1) is 16.3. The summed E-state index contributed by atoms with van der Waals surface area (Å²) in [6, 6.07) is 10.3. The Morgan fingerprint density at radius 1 is 1.21 bits per heavy atom. The van der Waals surface area contributed by atoms with Gasteiger partial charge in [0.05, 0.1) is 26.4 Å². The van der Waals surface area contributed by atoms with Crippen LogP contribution in [0, 0.1) is 0 Å². The fraction of sp³-hybridized carbons (Fsp3) is 0.684. The zero-order chi connectivity index (χ0) is 16.4. The maximum atomic E-state index is 5.54. The van der Waals surface area contributed by atoms with E-state index in [9.17, 15) is 0 Å². The smallest absolute Gasteiger partial charge is 0.159 e. The fourth-order valence-corrected chi connectivity index (χ4v) is 4.06. The first-order valence-corrected chi connectivity index (χ1v) is 9.21. The molecule has 0 aromatic heterocycles. The van der Waals surface area contributed by atoms with Gasteiger partial charge >= 0.3 is 0 Å². The average molecular weight is 332 g/mol. The summed E-state index contributed by atoms with van der Waals surface area (Å²) in [4.78, 5) is 2.69. The highest BCUT2D eigenvalue weighted by molar-refractivity contribution is 5.32. The van der Waals surface area contributed by atoms with Gasteiger partial charge in [0.25, 0.3) is 0 Å². The molecular formula is C19H28N2O3. The molecule has 1 N–H and O–H groups in total. The Balaban J connectivity index is 1.43. The van der Waals surface area contributed by atoms with Crippen molar-refractivity contribution in [2.24, 2.45) is 0 Å². The third-order valence-corrected chi connectivity index (χ3v) is 5.37. The molecule has 1 aromatic rings. The number of nitrogens with one attached hydrogen (secondary N) is 1. The Morgan fingerprint density at radius 2 is 2.04 bits per heavy atom. The third kappa shape index (κ3) is 3.59. The van der Waals surface area contributed by atoms with Gasteiger partial charge in [0.2, 0.25) is 0 Å². The Kier molecular flexibility index (Phi) is 5.03. The Morgan fingerprint density at radius 3 is 2.79 bits per heavy atom. The molecular weight excluding hydrogens is 304 g/mol. The van der Waals surface area contributed by atoms with Crippen molar-refractivity contribution >= 4 is 0 Å². The van der Waals surface area contributed by atoms with E-state index >= 15 is 0 Å². The molecule has 5 nitrogen and oxygen atoms in total. The predicted molar refractivity (Wildman–Crippen MR) is 92.2 cm³/mol. The third-order valence-electron chi connectivity index (χ3n) is 5.37. The molecule has 132 valence electrons. The first-order chi connectivity index (χ1) is 11.8. The molecule has 4 rings (SSSR count). The monoisotopic (exact) mass is 332 g/mol. The van der Waals surface area contributed by atoms with Crippen LogP contribution in [0.25, 0.3) is 0 Å². The molecule has 5 heteroatoms. The van der Waals surface area contributed by atoms with E-state index in [2.05, 4.69) is 28.4 Å². The number of methoxy groups -OCH3 is 1. The van der Waals surface area contributed by atoms with Crippen LogP contribution >= 0.6 is 0 Å². The molecule has 1 aromatic carbocycles. The van der Waals surface area contributed by atoms with Crippen molar-refractivity contribution in [1.29, 1.82) is 0 Å². The molecule has 1 aliphatic carbocycles. The second-order valence-corrected chi connectivity index (χ2v) is 7.00. The fourth-order valence-electron chi connectivity index (χ4n) is 4.06. The second kappa shape index (κ2) is 7.40. The molecule has 2 saturated heterocycles. The van der Waals surface area contributed by atoms with Gasteiger partial charge in [0.1, 0.15) is 5.75 Å². The lowest BCUT2D eigenvalue weighted by Crippen LogP contribution is -2.38. The van der Waals surface area contributed by atoms with E-state index in [1.54, 1.807) is 7.11 Å². The van der Waals surface area contributed by atoms with Gasteiger partial charge in [-0.25, -0.2) is 0 Å². The van der Waals surface area contributed by atoms with E-state index in [4.69, 9.17) is 14.2 Å². The van der Waals surface area contributed by atoms with Gasteiger partial charge in [-0.1, -0.05) is 12.1 Å². The number of benzene rings is 1.